The molecule has 0 aliphatic carbocycles. The molecule has 0 radical (unpaired) electrons. The third-order valence-electron chi connectivity index (χ3n) is 4.48. The second-order valence-electron chi connectivity index (χ2n) is 6.62. The van der Waals surface area contributed by atoms with Gasteiger partial charge in [0.1, 0.15) is 5.75 Å². The molecule has 3 rings (SSSR count). The van der Waals surface area contributed by atoms with Gasteiger partial charge in [-0.2, -0.15) is 10.1 Å². The zero-order valence-corrected chi connectivity index (χ0v) is 16.0. The number of aromatic nitrogens is 3. The first-order valence-corrected chi connectivity index (χ1v) is 9.17. The molecule has 0 saturated carbocycles. The van der Waals surface area contributed by atoms with Gasteiger partial charge in [-0.25, -0.2) is 4.68 Å². The highest BCUT2D eigenvalue weighted by Gasteiger charge is 2.23. The van der Waals surface area contributed by atoms with E-state index < -0.39 is 6.10 Å². The number of amides is 1. The number of piperidine rings is 1. The van der Waals surface area contributed by atoms with Gasteiger partial charge in [0.15, 0.2) is 11.9 Å². The Bertz CT molecular complexity index is 786. The SMILES string of the molecule is Cc1ccc(Cl)c(OC(C)C(=O)Nc2nc(C3CCNCC3)nn2C)c1. The third-order valence-corrected chi connectivity index (χ3v) is 4.79. The first-order valence-electron chi connectivity index (χ1n) is 8.79. The fourth-order valence-corrected chi connectivity index (χ4v) is 3.08. The van der Waals surface area contributed by atoms with Crippen LogP contribution in [0.4, 0.5) is 5.95 Å². The second kappa shape index (κ2) is 8.05. The predicted molar refractivity (Wildman–Crippen MR) is 101 cm³/mol. The van der Waals surface area contributed by atoms with Crippen LogP contribution in [0.15, 0.2) is 18.2 Å². The fourth-order valence-electron chi connectivity index (χ4n) is 2.92. The zero-order chi connectivity index (χ0) is 18.7. The van der Waals surface area contributed by atoms with Crippen molar-refractivity contribution in [1.82, 2.24) is 20.1 Å². The van der Waals surface area contributed by atoms with E-state index in [1.165, 1.54) is 0 Å². The van der Waals surface area contributed by atoms with Crippen LogP contribution in [0.2, 0.25) is 5.02 Å². The maximum atomic E-state index is 12.5. The summed E-state index contributed by atoms with van der Waals surface area (Å²) in [6.45, 7) is 5.55. The van der Waals surface area contributed by atoms with Crippen molar-refractivity contribution >= 4 is 23.5 Å². The number of nitrogens with zero attached hydrogens (tertiary/aromatic N) is 3. The molecule has 1 atom stereocenters. The Labute approximate surface area is 158 Å². The molecule has 2 heterocycles. The highest BCUT2D eigenvalue weighted by Crippen LogP contribution is 2.27. The van der Waals surface area contributed by atoms with Gasteiger partial charge in [-0.1, -0.05) is 17.7 Å². The lowest BCUT2D eigenvalue weighted by atomic mass is 9.98. The Balaban J connectivity index is 1.65. The summed E-state index contributed by atoms with van der Waals surface area (Å²) in [6.07, 6.45) is 1.29. The number of hydrogen-bond acceptors (Lipinski definition) is 5. The summed E-state index contributed by atoms with van der Waals surface area (Å²) in [5, 5.41) is 11.0. The molecule has 0 spiro atoms. The molecular weight excluding hydrogens is 354 g/mol. The smallest absolute Gasteiger partial charge is 0.267 e. The van der Waals surface area contributed by atoms with E-state index >= 15 is 0 Å². The fraction of sp³-hybridized carbons (Fsp3) is 0.500. The summed E-state index contributed by atoms with van der Waals surface area (Å²) in [5.74, 6) is 1.72. The summed E-state index contributed by atoms with van der Waals surface area (Å²) >= 11 is 6.13. The van der Waals surface area contributed by atoms with Gasteiger partial charge in [-0.05, 0) is 57.5 Å². The monoisotopic (exact) mass is 377 g/mol. The predicted octanol–water partition coefficient (Wildman–Crippen LogP) is 2.65. The van der Waals surface area contributed by atoms with Crippen molar-refractivity contribution in [3.05, 3.63) is 34.6 Å². The number of carbonyl (C=O) groups is 1. The van der Waals surface area contributed by atoms with Crippen LogP contribution in [-0.2, 0) is 11.8 Å². The number of nitrogens with one attached hydrogen (secondary N) is 2. The molecule has 26 heavy (non-hydrogen) atoms. The Morgan fingerprint density at radius 1 is 1.42 bits per heavy atom. The number of benzene rings is 1. The van der Waals surface area contributed by atoms with Gasteiger partial charge < -0.3 is 10.1 Å². The lowest BCUT2D eigenvalue weighted by Gasteiger charge is -2.19. The van der Waals surface area contributed by atoms with Gasteiger partial charge in [-0.3, -0.25) is 10.1 Å². The van der Waals surface area contributed by atoms with Crippen LogP contribution in [0.5, 0.6) is 5.75 Å². The van der Waals surface area contributed by atoms with E-state index in [1.54, 1.807) is 24.7 Å². The van der Waals surface area contributed by atoms with E-state index in [-0.39, 0.29) is 5.91 Å². The first kappa shape index (κ1) is 18.7. The molecule has 2 aromatic rings. The highest BCUT2D eigenvalue weighted by molar-refractivity contribution is 6.32. The van der Waals surface area contributed by atoms with Crippen molar-refractivity contribution < 1.29 is 9.53 Å². The minimum absolute atomic E-state index is 0.296. The number of ether oxygens (including phenoxy) is 1. The van der Waals surface area contributed by atoms with Gasteiger partial charge in [0.25, 0.3) is 5.91 Å². The zero-order valence-electron chi connectivity index (χ0n) is 15.3. The molecular formula is C18H24ClN5O2. The summed E-state index contributed by atoms with van der Waals surface area (Å²) in [4.78, 5) is 17.0. The average molecular weight is 378 g/mol. The Hall–Kier alpha value is -2.12. The molecule has 1 aliphatic heterocycles. The Morgan fingerprint density at radius 3 is 2.88 bits per heavy atom. The van der Waals surface area contributed by atoms with Gasteiger partial charge in [0.05, 0.1) is 5.02 Å². The molecule has 1 amide bonds. The molecule has 1 aliphatic rings. The summed E-state index contributed by atoms with van der Waals surface area (Å²) in [7, 11) is 1.77. The van der Waals surface area contributed by atoms with Crippen LogP contribution in [0.3, 0.4) is 0 Å². The van der Waals surface area contributed by atoms with E-state index in [0.29, 0.717) is 22.6 Å². The van der Waals surface area contributed by atoms with Gasteiger partial charge in [-0.15, -0.1) is 0 Å². The van der Waals surface area contributed by atoms with Crippen molar-refractivity contribution in [3.63, 3.8) is 0 Å². The Morgan fingerprint density at radius 2 is 2.15 bits per heavy atom. The van der Waals surface area contributed by atoms with Crippen molar-refractivity contribution in [3.8, 4) is 5.75 Å². The molecule has 1 aromatic heterocycles. The quantitative estimate of drug-likeness (QED) is 0.837. The van der Waals surface area contributed by atoms with Crippen LogP contribution in [-0.4, -0.2) is 39.9 Å². The third kappa shape index (κ3) is 4.34. The number of halogens is 1. The largest absolute Gasteiger partial charge is 0.479 e. The molecule has 140 valence electrons. The maximum absolute atomic E-state index is 12.5. The maximum Gasteiger partial charge on any atom is 0.267 e. The number of hydrogen-bond donors (Lipinski definition) is 2. The van der Waals surface area contributed by atoms with Crippen LogP contribution in [0.25, 0.3) is 0 Å². The summed E-state index contributed by atoms with van der Waals surface area (Å²) in [6, 6.07) is 5.45. The summed E-state index contributed by atoms with van der Waals surface area (Å²) < 4.78 is 7.31. The second-order valence-corrected chi connectivity index (χ2v) is 7.03. The molecule has 1 aromatic carbocycles. The topological polar surface area (TPSA) is 81.1 Å². The van der Waals surface area contributed by atoms with Crippen LogP contribution < -0.4 is 15.4 Å². The average Bonchev–Trinajstić information content (AvgIpc) is 2.99. The molecule has 7 nitrogen and oxygen atoms in total. The van der Waals surface area contributed by atoms with Crippen molar-refractivity contribution in [1.29, 1.82) is 0 Å². The number of anilines is 1. The van der Waals surface area contributed by atoms with Crippen LogP contribution >= 0.6 is 11.6 Å². The standard InChI is InChI=1S/C18H24ClN5O2/c1-11-4-5-14(19)15(10-11)26-12(2)17(25)22-18-21-16(23-24(18)3)13-6-8-20-9-7-13/h4-5,10,12-13,20H,6-9H2,1-3H3,(H,21,22,23,25). The number of aryl methyl sites for hydroxylation is 2. The van der Waals surface area contributed by atoms with Crippen molar-refractivity contribution in [2.75, 3.05) is 18.4 Å². The number of carbonyl (C=O) groups excluding carboxylic acids is 1. The van der Waals surface area contributed by atoms with Gasteiger partial charge >= 0.3 is 0 Å². The van der Waals surface area contributed by atoms with E-state index in [1.807, 2.05) is 19.1 Å². The Kier molecular flexibility index (Phi) is 5.78. The minimum Gasteiger partial charge on any atom is -0.479 e. The van der Waals surface area contributed by atoms with E-state index in [0.717, 1.165) is 37.3 Å². The highest BCUT2D eigenvalue weighted by atomic mass is 35.5. The molecule has 1 saturated heterocycles. The van der Waals surface area contributed by atoms with E-state index in [9.17, 15) is 4.79 Å². The van der Waals surface area contributed by atoms with Gasteiger partial charge in [0.2, 0.25) is 5.95 Å². The van der Waals surface area contributed by atoms with Gasteiger partial charge in [0, 0.05) is 13.0 Å². The first-order chi connectivity index (χ1) is 12.4. The molecule has 1 unspecified atom stereocenters. The molecule has 1 fully saturated rings. The normalized spacial score (nSPS) is 16.3. The molecule has 2 N–H and O–H groups in total. The lowest BCUT2D eigenvalue weighted by Crippen LogP contribution is -2.31. The lowest BCUT2D eigenvalue weighted by molar-refractivity contribution is -0.122. The number of rotatable bonds is 5. The molecule has 8 heteroatoms. The van der Waals surface area contributed by atoms with Crippen molar-refractivity contribution in [2.45, 2.75) is 38.7 Å². The summed E-state index contributed by atoms with van der Waals surface area (Å²) in [5.41, 5.74) is 1.01. The minimum atomic E-state index is -0.715. The van der Waals surface area contributed by atoms with Crippen LogP contribution in [0.1, 0.15) is 37.1 Å². The van der Waals surface area contributed by atoms with E-state index in [4.69, 9.17) is 16.3 Å². The van der Waals surface area contributed by atoms with Crippen LogP contribution in [0, 0.1) is 6.92 Å². The molecule has 0 bridgehead atoms. The van der Waals surface area contributed by atoms with Crippen molar-refractivity contribution in [2.24, 2.45) is 7.05 Å². The van der Waals surface area contributed by atoms with E-state index in [2.05, 4.69) is 20.7 Å².